The van der Waals surface area contributed by atoms with Crippen molar-refractivity contribution in [1.29, 1.82) is 0 Å². The van der Waals surface area contributed by atoms with Gasteiger partial charge in [0.1, 0.15) is 5.01 Å². The number of rotatable bonds is 4. The molecule has 25 heavy (non-hydrogen) atoms. The van der Waals surface area contributed by atoms with Crippen molar-refractivity contribution in [1.82, 2.24) is 9.88 Å². The van der Waals surface area contributed by atoms with E-state index in [1.165, 1.54) is 11.3 Å². The van der Waals surface area contributed by atoms with Gasteiger partial charge in [-0.05, 0) is 31.5 Å². The van der Waals surface area contributed by atoms with Gasteiger partial charge in [-0.2, -0.15) is 0 Å². The summed E-state index contributed by atoms with van der Waals surface area (Å²) in [7, 11) is 0. The largest absolute Gasteiger partial charge is 0.481 e. The third-order valence-electron chi connectivity index (χ3n) is 4.44. The molecule has 1 N–H and O–H groups in total. The molecule has 3 rings (SSSR count). The lowest BCUT2D eigenvalue weighted by atomic mass is 10.0. The van der Waals surface area contributed by atoms with Crippen LogP contribution < -0.4 is 0 Å². The Balaban J connectivity index is 1.71. The summed E-state index contributed by atoms with van der Waals surface area (Å²) >= 11 is 13.5. The molecule has 8 heteroatoms. The van der Waals surface area contributed by atoms with E-state index in [1.54, 1.807) is 30.0 Å². The molecular weight excluding hydrogens is 383 g/mol. The summed E-state index contributed by atoms with van der Waals surface area (Å²) < 4.78 is 0. The van der Waals surface area contributed by atoms with E-state index in [9.17, 15) is 14.7 Å². The monoisotopic (exact) mass is 398 g/mol. The lowest BCUT2D eigenvalue weighted by molar-refractivity contribution is -0.143. The normalized spacial score (nSPS) is 20.0. The second kappa shape index (κ2) is 7.32. The number of thiazole rings is 1. The quantitative estimate of drug-likeness (QED) is 0.844. The minimum Gasteiger partial charge on any atom is -0.481 e. The lowest BCUT2D eigenvalue weighted by Gasteiger charge is -2.22. The molecule has 132 valence electrons. The number of aromatic nitrogens is 1. The molecule has 2 atom stereocenters. The molecule has 1 aromatic heterocycles. The molecule has 1 amide bonds. The Hall–Kier alpha value is -1.63. The van der Waals surface area contributed by atoms with Crippen LogP contribution in [0.1, 0.15) is 19.0 Å². The molecule has 1 aliphatic heterocycles. The number of benzene rings is 1. The van der Waals surface area contributed by atoms with Crippen LogP contribution in [-0.4, -0.2) is 39.5 Å². The Morgan fingerprint density at radius 2 is 2.16 bits per heavy atom. The molecule has 1 fully saturated rings. The molecule has 1 aromatic carbocycles. The first-order valence-electron chi connectivity index (χ1n) is 7.79. The van der Waals surface area contributed by atoms with Crippen molar-refractivity contribution in [2.45, 2.75) is 25.8 Å². The molecule has 2 heterocycles. The van der Waals surface area contributed by atoms with Crippen molar-refractivity contribution in [2.75, 3.05) is 6.54 Å². The van der Waals surface area contributed by atoms with Crippen LogP contribution in [-0.2, 0) is 16.0 Å². The number of halogens is 2. The summed E-state index contributed by atoms with van der Waals surface area (Å²) in [5.41, 5.74) is 1.43. The van der Waals surface area contributed by atoms with Gasteiger partial charge in [0.2, 0.25) is 5.91 Å². The molecule has 0 saturated carbocycles. The van der Waals surface area contributed by atoms with Crippen molar-refractivity contribution in [3.63, 3.8) is 0 Å². The van der Waals surface area contributed by atoms with Crippen LogP contribution in [0.15, 0.2) is 23.6 Å². The Morgan fingerprint density at radius 3 is 2.80 bits per heavy atom. The fourth-order valence-electron chi connectivity index (χ4n) is 3.05. The van der Waals surface area contributed by atoms with Gasteiger partial charge >= 0.3 is 5.97 Å². The van der Waals surface area contributed by atoms with Gasteiger partial charge in [0, 0.05) is 28.6 Å². The van der Waals surface area contributed by atoms with Crippen molar-refractivity contribution in [3.05, 3.63) is 39.3 Å². The van der Waals surface area contributed by atoms with Crippen molar-refractivity contribution in [2.24, 2.45) is 5.92 Å². The maximum absolute atomic E-state index is 12.5. The van der Waals surface area contributed by atoms with Crippen LogP contribution in [0.25, 0.3) is 10.6 Å². The number of likely N-dealkylation sites (tertiary alicyclic amines) is 1. The van der Waals surface area contributed by atoms with E-state index in [2.05, 4.69) is 4.98 Å². The van der Waals surface area contributed by atoms with Gasteiger partial charge in [-0.3, -0.25) is 9.59 Å². The number of hydrogen-bond donors (Lipinski definition) is 1. The summed E-state index contributed by atoms with van der Waals surface area (Å²) in [6.45, 7) is 2.25. The standard InChI is InChI=1S/C17H16Cl2N2O3S/c1-9-12(17(23)24)4-5-21(9)15(22)7-11-8-25-16(20-11)13-3-2-10(18)6-14(13)19/h2-3,6,8-9,12H,4-5,7H2,1H3,(H,23,24). The van der Waals surface area contributed by atoms with Crippen LogP contribution in [0.5, 0.6) is 0 Å². The second-order valence-electron chi connectivity index (χ2n) is 6.01. The number of nitrogens with zero attached hydrogens (tertiary/aromatic N) is 2. The Kier molecular flexibility index (Phi) is 5.32. The summed E-state index contributed by atoms with van der Waals surface area (Å²) in [5.74, 6) is -1.45. The molecular formula is C17H16Cl2N2O3S. The van der Waals surface area contributed by atoms with E-state index in [0.29, 0.717) is 28.7 Å². The minimum absolute atomic E-state index is 0.102. The summed E-state index contributed by atoms with van der Waals surface area (Å²) in [4.78, 5) is 29.8. The van der Waals surface area contributed by atoms with E-state index < -0.39 is 11.9 Å². The van der Waals surface area contributed by atoms with Crippen LogP contribution in [0.3, 0.4) is 0 Å². The smallest absolute Gasteiger partial charge is 0.308 e. The number of hydrogen-bond acceptors (Lipinski definition) is 4. The number of carboxylic acids is 1. The number of carbonyl (C=O) groups excluding carboxylic acids is 1. The zero-order valence-corrected chi connectivity index (χ0v) is 15.7. The average molecular weight is 399 g/mol. The van der Waals surface area contributed by atoms with Crippen molar-refractivity contribution >= 4 is 46.4 Å². The predicted octanol–water partition coefficient (Wildman–Crippen LogP) is 3.98. The molecule has 2 aromatic rings. The highest BCUT2D eigenvalue weighted by Crippen LogP contribution is 2.33. The maximum atomic E-state index is 12.5. The lowest BCUT2D eigenvalue weighted by Crippen LogP contribution is -2.38. The van der Waals surface area contributed by atoms with E-state index in [4.69, 9.17) is 23.2 Å². The third-order valence-corrected chi connectivity index (χ3v) is 5.91. The Bertz CT molecular complexity index is 824. The van der Waals surface area contributed by atoms with E-state index in [0.717, 1.165) is 10.6 Å². The van der Waals surface area contributed by atoms with Gasteiger partial charge in [-0.25, -0.2) is 4.98 Å². The molecule has 0 radical (unpaired) electrons. The topological polar surface area (TPSA) is 70.5 Å². The molecule has 1 aliphatic rings. The van der Waals surface area contributed by atoms with Gasteiger partial charge in [0.05, 0.1) is 23.1 Å². The molecule has 5 nitrogen and oxygen atoms in total. The first-order valence-corrected chi connectivity index (χ1v) is 9.42. The third kappa shape index (κ3) is 3.81. The fourth-order valence-corrected chi connectivity index (χ4v) is 4.47. The highest BCUT2D eigenvalue weighted by Gasteiger charge is 2.38. The Labute approximate surface area is 159 Å². The van der Waals surface area contributed by atoms with Gasteiger partial charge in [0.15, 0.2) is 0 Å². The average Bonchev–Trinajstić information content (AvgIpc) is 3.14. The molecule has 0 spiro atoms. The Morgan fingerprint density at radius 1 is 1.40 bits per heavy atom. The zero-order chi connectivity index (χ0) is 18.1. The van der Waals surface area contributed by atoms with Crippen LogP contribution >= 0.6 is 34.5 Å². The number of carboxylic acid groups (broad SMARTS) is 1. The molecule has 0 bridgehead atoms. The van der Waals surface area contributed by atoms with Gasteiger partial charge < -0.3 is 10.0 Å². The molecule has 1 saturated heterocycles. The fraction of sp³-hybridized carbons (Fsp3) is 0.353. The second-order valence-corrected chi connectivity index (χ2v) is 7.71. The van der Waals surface area contributed by atoms with Crippen molar-refractivity contribution in [3.8, 4) is 10.6 Å². The maximum Gasteiger partial charge on any atom is 0.308 e. The highest BCUT2D eigenvalue weighted by molar-refractivity contribution is 7.13. The first kappa shape index (κ1) is 18.2. The summed E-state index contributed by atoms with van der Waals surface area (Å²) in [6.07, 6.45) is 0.642. The van der Waals surface area contributed by atoms with Gasteiger partial charge in [-0.15, -0.1) is 11.3 Å². The van der Waals surface area contributed by atoms with Crippen LogP contribution in [0, 0.1) is 5.92 Å². The molecule has 2 unspecified atom stereocenters. The first-order chi connectivity index (χ1) is 11.9. The number of carbonyl (C=O) groups is 2. The van der Waals surface area contributed by atoms with E-state index >= 15 is 0 Å². The summed E-state index contributed by atoms with van der Waals surface area (Å²) in [6, 6.07) is 4.90. The van der Waals surface area contributed by atoms with Gasteiger partial charge in [0.25, 0.3) is 0 Å². The zero-order valence-electron chi connectivity index (χ0n) is 13.4. The van der Waals surface area contributed by atoms with Crippen LogP contribution in [0.4, 0.5) is 0 Å². The minimum atomic E-state index is -0.851. The van der Waals surface area contributed by atoms with Crippen LogP contribution in [0.2, 0.25) is 10.0 Å². The van der Waals surface area contributed by atoms with Crippen molar-refractivity contribution < 1.29 is 14.7 Å². The van der Waals surface area contributed by atoms with Gasteiger partial charge in [-0.1, -0.05) is 23.2 Å². The van der Waals surface area contributed by atoms with E-state index in [1.807, 2.05) is 5.38 Å². The number of aliphatic carboxylic acids is 1. The predicted molar refractivity (Wildman–Crippen MR) is 98.2 cm³/mol. The summed E-state index contributed by atoms with van der Waals surface area (Å²) in [5, 5.41) is 12.8. The van der Waals surface area contributed by atoms with E-state index in [-0.39, 0.29) is 18.4 Å². The number of amides is 1. The SMILES string of the molecule is CC1C(C(=O)O)CCN1C(=O)Cc1csc(-c2ccc(Cl)cc2Cl)n1. The molecule has 0 aliphatic carbocycles. The highest BCUT2D eigenvalue weighted by atomic mass is 35.5.